The van der Waals surface area contributed by atoms with Crippen LogP contribution in [0.1, 0.15) is 49.4 Å². The van der Waals surface area contributed by atoms with Gasteiger partial charge in [-0.1, -0.05) is 19.8 Å². The van der Waals surface area contributed by atoms with Crippen LogP contribution in [0.25, 0.3) is 0 Å². The lowest BCUT2D eigenvalue weighted by Gasteiger charge is -2.29. The molecule has 0 bridgehead atoms. The minimum Gasteiger partial charge on any atom is -0.478 e. The van der Waals surface area contributed by atoms with Crippen LogP contribution in [0.2, 0.25) is 0 Å². The molecule has 6 nitrogen and oxygen atoms in total. The highest BCUT2D eigenvalue weighted by Crippen LogP contribution is 2.23. The Hall–Kier alpha value is -1.85. The number of aromatic carboxylic acids is 1. The van der Waals surface area contributed by atoms with Crippen molar-refractivity contribution in [2.45, 2.75) is 51.6 Å². The predicted molar refractivity (Wildman–Crippen MR) is 73.4 cm³/mol. The summed E-state index contributed by atoms with van der Waals surface area (Å²) < 4.78 is 1.49. The number of hydrogen-bond donors (Lipinski definition) is 2. The smallest absolute Gasteiger partial charge is 0.338 e. The maximum Gasteiger partial charge on any atom is 0.338 e. The van der Waals surface area contributed by atoms with E-state index in [0.717, 1.165) is 6.42 Å². The van der Waals surface area contributed by atoms with Gasteiger partial charge in [-0.05, 0) is 18.8 Å². The SMILES string of the molecule is CC1CCCCC1NC(=O)CCn1cc(C(=O)O)cn1. The topological polar surface area (TPSA) is 84.2 Å². The summed E-state index contributed by atoms with van der Waals surface area (Å²) >= 11 is 0. The van der Waals surface area contributed by atoms with Crippen LogP contribution in [0.3, 0.4) is 0 Å². The molecule has 0 saturated heterocycles. The number of hydrogen-bond acceptors (Lipinski definition) is 3. The fourth-order valence-electron chi connectivity index (χ4n) is 2.62. The Morgan fingerprint density at radius 3 is 2.85 bits per heavy atom. The first-order valence-corrected chi connectivity index (χ1v) is 7.11. The number of nitrogens with zero attached hydrogens (tertiary/aromatic N) is 2. The summed E-state index contributed by atoms with van der Waals surface area (Å²) in [6.07, 6.45) is 7.71. The summed E-state index contributed by atoms with van der Waals surface area (Å²) in [5.74, 6) is -0.455. The number of rotatable bonds is 5. The van der Waals surface area contributed by atoms with Gasteiger partial charge < -0.3 is 10.4 Å². The Morgan fingerprint density at radius 2 is 2.20 bits per heavy atom. The van der Waals surface area contributed by atoms with E-state index in [1.165, 1.54) is 36.3 Å². The predicted octanol–water partition coefficient (Wildman–Crippen LogP) is 1.67. The molecular formula is C14H21N3O3. The molecule has 20 heavy (non-hydrogen) atoms. The Morgan fingerprint density at radius 1 is 1.45 bits per heavy atom. The second-order valence-electron chi connectivity index (χ2n) is 5.48. The van der Waals surface area contributed by atoms with Crippen molar-refractivity contribution < 1.29 is 14.7 Å². The van der Waals surface area contributed by atoms with Crippen molar-refractivity contribution in [1.82, 2.24) is 15.1 Å². The summed E-state index contributed by atoms with van der Waals surface area (Å²) in [6, 6.07) is 0.281. The number of carboxylic acid groups (broad SMARTS) is 1. The quantitative estimate of drug-likeness (QED) is 0.858. The van der Waals surface area contributed by atoms with E-state index in [1.54, 1.807) is 0 Å². The van der Waals surface area contributed by atoms with Gasteiger partial charge >= 0.3 is 5.97 Å². The van der Waals surface area contributed by atoms with Crippen molar-refractivity contribution in [3.05, 3.63) is 18.0 Å². The molecular weight excluding hydrogens is 258 g/mol. The summed E-state index contributed by atoms with van der Waals surface area (Å²) in [4.78, 5) is 22.6. The summed E-state index contributed by atoms with van der Waals surface area (Å²) in [7, 11) is 0. The summed E-state index contributed by atoms with van der Waals surface area (Å²) in [6.45, 7) is 2.58. The minimum atomic E-state index is -1.00. The molecule has 1 saturated carbocycles. The second kappa shape index (κ2) is 6.54. The average molecular weight is 279 g/mol. The number of carbonyl (C=O) groups is 2. The number of nitrogens with one attached hydrogen (secondary N) is 1. The molecule has 2 rings (SSSR count). The highest BCUT2D eigenvalue weighted by Gasteiger charge is 2.22. The molecule has 1 aliphatic rings. The number of aromatic nitrogens is 2. The maximum atomic E-state index is 11.9. The molecule has 2 atom stereocenters. The molecule has 0 aromatic carbocycles. The van der Waals surface area contributed by atoms with E-state index in [1.807, 2.05) is 0 Å². The summed E-state index contributed by atoms with van der Waals surface area (Å²) in [5.41, 5.74) is 0.145. The number of carboxylic acids is 1. The van der Waals surface area contributed by atoms with Crippen LogP contribution in [-0.4, -0.2) is 32.8 Å². The summed E-state index contributed by atoms with van der Waals surface area (Å²) in [5, 5.41) is 15.8. The Labute approximate surface area is 118 Å². The number of amides is 1. The van der Waals surface area contributed by atoms with Gasteiger partial charge in [-0.3, -0.25) is 9.48 Å². The molecule has 1 fully saturated rings. The third-order valence-corrected chi connectivity index (χ3v) is 3.91. The fraction of sp³-hybridized carbons (Fsp3) is 0.643. The van der Waals surface area contributed by atoms with Crippen molar-refractivity contribution >= 4 is 11.9 Å². The molecule has 1 aliphatic carbocycles. The van der Waals surface area contributed by atoms with E-state index in [9.17, 15) is 9.59 Å². The molecule has 2 N–H and O–H groups in total. The number of carbonyl (C=O) groups excluding carboxylic acids is 1. The first-order chi connectivity index (χ1) is 9.56. The lowest BCUT2D eigenvalue weighted by atomic mass is 9.86. The van der Waals surface area contributed by atoms with Crippen LogP contribution in [0, 0.1) is 5.92 Å². The zero-order chi connectivity index (χ0) is 14.5. The average Bonchev–Trinajstić information content (AvgIpc) is 2.88. The molecule has 1 aromatic rings. The molecule has 1 heterocycles. The Kier molecular flexibility index (Phi) is 4.76. The largest absolute Gasteiger partial charge is 0.478 e. The van der Waals surface area contributed by atoms with E-state index in [2.05, 4.69) is 17.3 Å². The monoisotopic (exact) mass is 279 g/mol. The van der Waals surface area contributed by atoms with Crippen molar-refractivity contribution in [3.8, 4) is 0 Å². The Bertz CT molecular complexity index is 484. The van der Waals surface area contributed by atoms with Crippen LogP contribution >= 0.6 is 0 Å². The first-order valence-electron chi connectivity index (χ1n) is 7.11. The van der Waals surface area contributed by atoms with Crippen LogP contribution < -0.4 is 5.32 Å². The fourth-order valence-corrected chi connectivity index (χ4v) is 2.62. The van der Waals surface area contributed by atoms with Gasteiger partial charge in [0, 0.05) is 25.2 Å². The normalized spacial score (nSPS) is 22.4. The van der Waals surface area contributed by atoms with E-state index in [4.69, 9.17) is 5.11 Å². The zero-order valence-electron chi connectivity index (χ0n) is 11.7. The molecule has 6 heteroatoms. The van der Waals surface area contributed by atoms with Crippen molar-refractivity contribution in [1.29, 1.82) is 0 Å². The van der Waals surface area contributed by atoms with E-state index >= 15 is 0 Å². The molecule has 0 aliphatic heterocycles. The van der Waals surface area contributed by atoms with E-state index in [0.29, 0.717) is 18.9 Å². The third-order valence-electron chi connectivity index (χ3n) is 3.91. The third kappa shape index (κ3) is 3.82. The lowest BCUT2D eigenvalue weighted by molar-refractivity contribution is -0.122. The van der Waals surface area contributed by atoms with E-state index in [-0.39, 0.29) is 17.5 Å². The van der Waals surface area contributed by atoms with Crippen LogP contribution in [0.4, 0.5) is 0 Å². The molecule has 1 amide bonds. The van der Waals surface area contributed by atoms with Gasteiger partial charge in [-0.2, -0.15) is 5.10 Å². The maximum absolute atomic E-state index is 11.9. The Balaban J connectivity index is 1.78. The van der Waals surface area contributed by atoms with Crippen LogP contribution in [0.5, 0.6) is 0 Å². The highest BCUT2D eigenvalue weighted by molar-refractivity contribution is 5.86. The molecule has 2 unspecified atom stereocenters. The van der Waals surface area contributed by atoms with Crippen molar-refractivity contribution in [2.24, 2.45) is 5.92 Å². The van der Waals surface area contributed by atoms with Gasteiger partial charge in [-0.15, -0.1) is 0 Å². The first kappa shape index (κ1) is 14.6. The van der Waals surface area contributed by atoms with E-state index < -0.39 is 5.97 Å². The van der Waals surface area contributed by atoms with Gasteiger partial charge in [0.15, 0.2) is 0 Å². The number of aryl methyl sites for hydroxylation is 1. The van der Waals surface area contributed by atoms with Crippen molar-refractivity contribution in [3.63, 3.8) is 0 Å². The van der Waals surface area contributed by atoms with Crippen LogP contribution in [0.15, 0.2) is 12.4 Å². The van der Waals surface area contributed by atoms with Crippen LogP contribution in [-0.2, 0) is 11.3 Å². The van der Waals surface area contributed by atoms with Crippen molar-refractivity contribution in [2.75, 3.05) is 0 Å². The molecule has 110 valence electrons. The zero-order valence-corrected chi connectivity index (χ0v) is 11.7. The van der Waals surface area contributed by atoms with Gasteiger partial charge in [0.25, 0.3) is 0 Å². The van der Waals surface area contributed by atoms with Gasteiger partial charge in [0.05, 0.1) is 11.8 Å². The molecule has 0 spiro atoms. The standard InChI is InChI=1S/C14H21N3O3/c1-10-4-2-3-5-12(10)16-13(18)6-7-17-9-11(8-15-17)14(19)20/h8-10,12H,2-7H2,1H3,(H,16,18)(H,19,20). The molecule has 1 aromatic heterocycles. The van der Waals surface area contributed by atoms with Gasteiger partial charge in [0.1, 0.15) is 0 Å². The second-order valence-corrected chi connectivity index (χ2v) is 5.48. The highest BCUT2D eigenvalue weighted by atomic mass is 16.4. The minimum absolute atomic E-state index is 0.0103. The molecule has 0 radical (unpaired) electrons. The lowest BCUT2D eigenvalue weighted by Crippen LogP contribution is -2.41. The van der Waals surface area contributed by atoms with Gasteiger partial charge in [-0.25, -0.2) is 4.79 Å². The van der Waals surface area contributed by atoms with Gasteiger partial charge in [0.2, 0.25) is 5.91 Å².